The van der Waals surface area contributed by atoms with E-state index in [1.54, 1.807) is 0 Å². The van der Waals surface area contributed by atoms with Gasteiger partial charge in [0, 0.05) is 31.1 Å². The number of fused-ring (bicyclic) bond motifs is 5. The molecular formula is C23H35FO4. The fourth-order valence-electron chi connectivity index (χ4n) is 7.84. The van der Waals surface area contributed by atoms with Crippen LogP contribution in [0.1, 0.15) is 85.5 Å². The van der Waals surface area contributed by atoms with Crippen LogP contribution in [0.3, 0.4) is 0 Å². The number of alkyl halides is 1. The van der Waals surface area contributed by atoms with Gasteiger partial charge in [0.25, 0.3) is 0 Å². The molecule has 4 rings (SSSR count). The number of carbonyl (C=O) groups is 2. The normalized spacial score (nSPS) is 50.1. The molecule has 4 nitrogen and oxygen atoms in total. The summed E-state index contributed by atoms with van der Waals surface area (Å²) in [5.41, 5.74) is -1.55. The van der Waals surface area contributed by atoms with Crippen LogP contribution >= 0.6 is 0 Å². The first-order valence-corrected chi connectivity index (χ1v) is 11.1. The summed E-state index contributed by atoms with van der Waals surface area (Å²) in [6.07, 6.45) is 7.15. The lowest BCUT2D eigenvalue weighted by atomic mass is 9.44. The summed E-state index contributed by atoms with van der Waals surface area (Å²) in [7, 11) is 0. The molecule has 28 heavy (non-hydrogen) atoms. The Labute approximate surface area is 167 Å². The van der Waals surface area contributed by atoms with E-state index in [-0.39, 0.29) is 35.0 Å². The Kier molecular flexibility index (Phi) is 4.82. The Balaban J connectivity index is 1.56. The van der Waals surface area contributed by atoms with Crippen molar-refractivity contribution in [3.05, 3.63) is 0 Å². The Morgan fingerprint density at radius 1 is 0.857 bits per heavy atom. The molecule has 158 valence electrons. The van der Waals surface area contributed by atoms with Gasteiger partial charge >= 0.3 is 11.9 Å². The van der Waals surface area contributed by atoms with Crippen molar-refractivity contribution < 1.29 is 23.5 Å². The average Bonchev–Trinajstić information content (AvgIpc) is 2.91. The van der Waals surface area contributed by atoms with Crippen LogP contribution in [0.2, 0.25) is 0 Å². The molecule has 0 saturated heterocycles. The Morgan fingerprint density at radius 2 is 1.57 bits per heavy atom. The van der Waals surface area contributed by atoms with Crippen LogP contribution in [-0.2, 0) is 19.1 Å². The number of hydrogen-bond donors (Lipinski definition) is 0. The van der Waals surface area contributed by atoms with E-state index in [0.29, 0.717) is 30.6 Å². The minimum atomic E-state index is -1.24. The molecule has 8 atom stereocenters. The first kappa shape index (κ1) is 20.2. The molecule has 0 bridgehead atoms. The van der Waals surface area contributed by atoms with E-state index >= 15 is 4.39 Å². The van der Waals surface area contributed by atoms with Gasteiger partial charge in [-0.3, -0.25) is 9.59 Å². The summed E-state index contributed by atoms with van der Waals surface area (Å²) in [4.78, 5) is 23.0. The second-order valence-electron chi connectivity index (χ2n) is 10.5. The standard InChI is InChI=1S/C23H35FO4/c1-14(25)27-16-7-11-22(4)19-9-10-21(3)18(5-6-20(21)28-15(2)26)17(19)8-12-23(22,24)13-16/h16-20H,5-13H2,1-4H3/t16-,17+,18+,19+,20?,21+,22-,23-/m1/s1. The highest BCUT2D eigenvalue weighted by Gasteiger charge is 2.66. The van der Waals surface area contributed by atoms with Crippen molar-refractivity contribution in [2.45, 2.75) is 103 Å². The summed E-state index contributed by atoms with van der Waals surface area (Å²) in [6, 6.07) is 0. The minimum absolute atomic E-state index is 0.0144. The summed E-state index contributed by atoms with van der Waals surface area (Å²) in [6.45, 7) is 7.38. The maximum atomic E-state index is 16.3. The highest BCUT2D eigenvalue weighted by Crippen LogP contribution is 2.68. The highest BCUT2D eigenvalue weighted by atomic mass is 19.1. The van der Waals surface area contributed by atoms with Gasteiger partial charge in [0.05, 0.1) is 0 Å². The number of carbonyl (C=O) groups excluding carboxylic acids is 2. The van der Waals surface area contributed by atoms with Crippen molar-refractivity contribution in [3.63, 3.8) is 0 Å². The lowest BCUT2D eigenvalue weighted by Gasteiger charge is -2.62. The van der Waals surface area contributed by atoms with Crippen LogP contribution < -0.4 is 0 Å². The maximum absolute atomic E-state index is 16.3. The third-order valence-corrected chi connectivity index (χ3v) is 9.24. The molecule has 4 aliphatic rings. The van der Waals surface area contributed by atoms with Gasteiger partial charge in [0.15, 0.2) is 0 Å². The van der Waals surface area contributed by atoms with Crippen molar-refractivity contribution in [1.82, 2.24) is 0 Å². The smallest absolute Gasteiger partial charge is 0.302 e. The SMILES string of the molecule is CC(=O)OC1CC[C@H]2[C@@H]3CC[C@@]4(F)C[C@H](OC(C)=O)CC[C@]4(C)[C@H]3CC[C@]12C. The predicted molar refractivity (Wildman–Crippen MR) is 103 cm³/mol. The van der Waals surface area contributed by atoms with Crippen LogP contribution in [0.5, 0.6) is 0 Å². The molecule has 0 aliphatic heterocycles. The summed E-state index contributed by atoms with van der Waals surface area (Å²) < 4.78 is 27.4. The van der Waals surface area contributed by atoms with Gasteiger partial charge < -0.3 is 9.47 Å². The van der Waals surface area contributed by atoms with Crippen LogP contribution in [-0.4, -0.2) is 29.8 Å². The lowest BCUT2D eigenvalue weighted by Crippen LogP contribution is -2.61. The van der Waals surface area contributed by atoms with Crippen LogP contribution in [0.4, 0.5) is 4.39 Å². The lowest BCUT2D eigenvalue weighted by molar-refractivity contribution is -0.198. The van der Waals surface area contributed by atoms with Gasteiger partial charge in [-0.05, 0) is 69.1 Å². The number of ether oxygens (including phenoxy) is 2. The quantitative estimate of drug-likeness (QED) is 0.620. The largest absolute Gasteiger partial charge is 0.462 e. The third kappa shape index (κ3) is 2.90. The zero-order valence-corrected chi connectivity index (χ0v) is 17.8. The van der Waals surface area contributed by atoms with Crippen molar-refractivity contribution in [2.75, 3.05) is 0 Å². The first-order chi connectivity index (χ1) is 13.1. The van der Waals surface area contributed by atoms with Gasteiger partial charge in [-0.25, -0.2) is 4.39 Å². The average molecular weight is 395 g/mol. The van der Waals surface area contributed by atoms with Crippen molar-refractivity contribution >= 4 is 11.9 Å². The highest BCUT2D eigenvalue weighted by molar-refractivity contribution is 5.66. The fraction of sp³-hybridized carbons (Fsp3) is 0.913. The molecule has 4 fully saturated rings. The van der Waals surface area contributed by atoms with E-state index in [4.69, 9.17) is 9.47 Å². The van der Waals surface area contributed by atoms with Gasteiger partial charge in [0.2, 0.25) is 0 Å². The summed E-state index contributed by atoms with van der Waals surface area (Å²) in [5, 5.41) is 0. The maximum Gasteiger partial charge on any atom is 0.302 e. The number of halogens is 1. The van der Waals surface area contributed by atoms with Crippen LogP contribution in [0.25, 0.3) is 0 Å². The van der Waals surface area contributed by atoms with Crippen molar-refractivity contribution in [2.24, 2.45) is 28.6 Å². The molecule has 0 radical (unpaired) electrons. The summed E-state index contributed by atoms with van der Waals surface area (Å²) >= 11 is 0. The van der Waals surface area contributed by atoms with Crippen molar-refractivity contribution in [1.29, 1.82) is 0 Å². The molecule has 0 aromatic rings. The van der Waals surface area contributed by atoms with Crippen LogP contribution in [0.15, 0.2) is 0 Å². The van der Waals surface area contributed by atoms with E-state index in [1.165, 1.54) is 13.8 Å². The molecule has 0 amide bonds. The second-order valence-corrected chi connectivity index (χ2v) is 10.5. The molecule has 0 aromatic heterocycles. The molecule has 4 aliphatic carbocycles. The number of rotatable bonds is 2. The minimum Gasteiger partial charge on any atom is -0.462 e. The second kappa shape index (κ2) is 6.70. The van der Waals surface area contributed by atoms with Gasteiger partial charge in [0.1, 0.15) is 17.9 Å². The Morgan fingerprint density at radius 3 is 2.25 bits per heavy atom. The van der Waals surface area contributed by atoms with E-state index in [1.807, 2.05) is 0 Å². The molecule has 0 heterocycles. The van der Waals surface area contributed by atoms with Crippen molar-refractivity contribution in [3.8, 4) is 0 Å². The third-order valence-electron chi connectivity index (χ3n) is 9.24. The van der Waals surface area contributed by atoms with E-state index in [2.05, 4.69) is 13.8 Å². The molecule has 0 spiro atoms. The first-order valence-electron chi connectivity index (χ1n) is 11.1. The molecule has 4 saturated carbocycles. The topological polar surface area (TPSA) is 52.6 Å². The monoisotopic (exact) mass is 394 g/mol. The number of esters is 2. The Hall–Kier alpha value is -1.13. The zero-order valence-electron chi connectivity index (χ0n) is 17.8. The molecular weight excluding hydrogens is 359 g/mol. The zero-order chi connectivity index (χ0) is 20.3. The van der Waals surface area contributed by atoms with Gasteiger partial charge in [-0.2, -0.15) is 0 Å². The van der Waals surface area contributed by atoms with E-state index in [9.17, 15) is 9.59 Å². The predicted octanol–water partition coefficient (Wildman–Crippen LogP) is 4.98. The molecule has 1 unspecified atom stereocenters. The molecule has 5 heteroatoms. The van der Waals surface area contributed by atoms with E-state index in [0.717, 1.165) is 44.9 Å². The van der Waals surface area contributed by atoms with E-state index < -0.39 is 5.67 Å². The number of hydrogen-bond acceptors (Lipinski definition) is 4. The van der Waals surface area contributed by atoms with Gasteiger partial charge in [-0.15, -0.1) is 0 Å². The fourth-order valence-corrected chi connectivity index (χ4v) is 7.84. The van der Waals surface area contributed by atoms with Gasteiger partial charge in [-0.1, -0.05) is 13.8 Å². The van der Waals surface area contributed by atoms with Crippen LogP contribution in [0, 0.1) is 28.6 Å². The molecule has 0 N–H and O–H groups in total. The Bertz CT molecular complexity index is 665. The summed E-state index contributed by atoms with van der Waals surface area (Å²) in [5.74, 6) is 0.915. The molecule has 0 aromatic carbocycles.